The summed E-state index contributed by atoms with van der Waals surface area (Å²) in [5.74, 6) is 3.03. The zero-order valence-electron chi connectivity index (χ0n) is 36.9. The number of rotatable bonds is 5. The molecule has 0 aromatic rings. The lowest BCUT2D eigenvalue weighted by molar-refractivity contribution is 0.104. The average molecular weight is 716 g/mol. The first-order chi connectivity index (χ1) is 24.3. The number of hydrogen-bond acceptors (Lipinski definition) is 5. The number of fused-ring (bicyclic) bond motifs is 4. The van der Waals surface area contributed by atoms with Crippen molar-refractivity contribution in [3.8, 4) is 0 Å². The lowest BCUT2D eigenvalue weighted by Gasteiger charge is -2.37. The molecule has 0 spiro atoms. The van der Waals surface area contributed by atoms with Gasteiger partial charge in [0.2, 0.25) is 0 Å². The lowest BCUT2D eigenvalue weighted by Crippen LogP contribution is -2.43. The molecule has 7 rings (SSSR count). The highest BCUT2D eigenvalue weighted by Crippen LogP contribution is 2.37. The smallest absolute Gasteiger partial charge is 0.0101 e. The zero-order valence-corrected chi connectivity index (χ0v) is 36.9. The Hall–Kier alpha value is -0.200. The van der Waals surface area contributed by atoms with Crippen molar-refractivity contribution >= 4 is 0 Å². The molecule has 0 N–H and O–H groups in total. The Morgan fingerprint density at radius 3 is 1.31 bits per heavy atom. The topological polar surface area (TPSA) is 16.2 Å². The summed E-state index contributed by atoms with van der Waals surface area (Å²) < 4.78 is 0. The maximum Gasteiger partial charge on any atom is 0.0101 e. The minimum Gasteiger partial charge on any atom is -0.301 e. The van der Waals surface area contributed by atoms with E-state index in [1.165, 1.54) is 149 Å². The fraction of sp³-hybridized carbons (Fsp3) is 1.00. The van der Waals surface area contributed by atoms with Crippen LogP contribution in [0.2, 0.25) is 0 Å². The Morgan fingerprint density at radius 2 is 0.922 bits per heavy atom. The SMILES string of the molecule is CC(C)N1C2CCCC1CC2.CC(C)N1CC2CCC(C2)C1.CC(C)N1CCCCC1.CC(C)N1CCCCC1C.CC1CCCN(C(C)C)C1. The molecule has 302 valence electrons. The third kappa shape index (κ3) is 15.8. The van der Waals surface area contributed by atoms with Crippen molar-refractivity contribution in [1.29, 1.82) is 0 Å². The van der Waals surface area contributed by atoms with E-state index in [0.717, 1.165) is 66.1 Å². The summed E-state index contributed by atoms with van der Waals surface area (Å²) in [5, 5.41) is 0. The Kier molecular flexibility index (Phi) is 21.0. The van der Waals surface area contributed by atoms with E-state index in [0.29, 0.717) is 0 Å². The Balaban J connectivity index is 0.000000173. The summed E-state index contributed by atoms with van der Waals surface area (Å²) in [5.41, 5.74) is 0. The van der Waals surface area contributed by atoms with Crippen molar-refractivity contribution in [2.45, 2.75) is 234 Å². The molecule has 6 saturated heterocycles. The molecule has 0 amide bonds. The summed E-state index contributed by atoms with van der Waals surface area (Å²) >= 11 is 0. The molecule has 4 bridgehead atoms. The highest BCUT2D eigenvalue weighted by molar-refractivity contribution is 4.93. The van der Waals surface area contributed by atoms with Crippen LogP contribution >= 0.6 is 0 Å². The molecule has 6 unspecified atom stereocenters. The van der Waals surface area contributed by atoms with Crippen molar-refractivity contribution in [2.75, 3.05) is 45.8 Å². The largest absolute Gasteiger partial charge is 0.301 e. The fourth-order valence-electron chi connectivity index (χ4n) is 10.7. The minimum absolute atomic E-state index is 0.746. The van der Waals surface area contributed by atoms with Crippen LogP contribution in [0.15, 0.2) is 0 Å². The monoisotopic (exact) mass is 716 g/mol. The lowest BCUT2D eigenvalue weighted by atomic mass is 9.98. The number of nitrogens with zero attached hydrogens (tertiary/aromatic N) is 5. The van der Waals surface area contributed by atoms with Crippen LogP contribution in [-0.4, -0.2) is 119 Å². The predicted molar refractivity (Wildman–Crippen MR) is 226 cm³/mol. The fourth-order valence-corrected chi connectivity index (χ4v) is 10.7. The Bertz CT molecular complexity index is 853. The van der Waals surface area contributed by atoms with Gasteiger partial charge in [0.05, 0.1) is 0 Å². The molecule has 5 heteroatoms. The van der Waals surface area contributed by atoms with Crippen LogP contribution in [0.1, 0.15) is 186 Å². The van der Waals surface area contributed by atoms with Crippen LogP contribution in [0.5, 0.6) is 0 Å². The molecule has 1 saturated carbocycles. The standard InChI is InChI=1S/2C10H19N.2C9H19N.C8H17N/c1-8(2)11-6-9-3-4-10(5-9)7-11;1-8(2)11-9-4-3-5-10(11)7-6-9;1-8(2)10-6-4-5-9(3)7-10;1-8(2)10-7-5-4-6-9(10)3;1-8(2)9-6-4-3-5-7-9/h2*8-10H,3-7H2,1-2H3;2*8-9H,4-7H2,1-3H3;8H,3-7H2,1-2H3. The molecule has 51 heavy (non-hydrogen) atoms. The van der Waals surface area contributed by atoms with Gasteiger partial charge in [0, 0.05) is 68.0 Å². The van der Waals surface area contributed by atoms with Crippen LogP contribution in [-0.2, 0) is 0 Å². The summed E-state index contributed by atoms with van der Waals surface area (Å²) in [6.07, 6.45) is 23.3. The molecule has 0 aromatic heterocycles. The van der Waals surface area contributed by atoms with E-state index in [4.69, 9.17) is 0 Å². The van der Waals surface area contributed by atoms with Gasteiger partial charge < -0.3 is 14.7 Å². The molecule has 7 fully saturated rings. The molecule has 5 nitrogen and oxygen atoms in total. The molecule has 6 aliphatic heterocycles. The van der Waals surface area contributed by atoms with E-state index in [1.807, 2.05) is 0 Å². The highest BCUT2D eigenvalue weighted by Gasteiger charge is 2.37. The van der Waals surface area contributed by atoms with Gasteiger partial charge in [-0.05, 0) is 204 Å². The minimum atomic E-state index is 0.746. The summed E-state index contributed by atoms with van der Waals surface area (Å²) in [6.45, 7) is 37.2. The van der Waals surface area contributed by atoms with E-state index in [1.54, 1.807) is 0 Å². The summed E-state index contributed by atoms with van der Waals surface area (Å²) in [7, 11) is 0. The van der Waals surface area contributed by atoms with Crippen LogP contribution in [0.25, 0.3) is 0 Å². The Labute approximate surface area is 321 Å². The number of hydrogen-bond donors (Lipinski definition) is 0. The van der Waals surface area contributed by atoms with Gasteiger partial charge >= 0.3 is 0 Å². The second-order valence-corrected chi connectivity index (χ2v) is 19.7. The van der Waals surface area contributed by atoms with Crippen LogP contribution in [0, 0.1) is 17.8 Å². The van der Waals surface area contributed by atoms with E-state index < -0.39 is 0 Å². The normalized spacial score (nSPS) is 32.2. The molecule has 0 aromatic carbocycles. The quantitative estimate of drug-likeness (QED) is 0.281. The van der Waals surface area contributed by atoms with E-state index in [2.05, 4.69) is 108 Å². The molecular formula is C46H93N5. The van der Waals surface area contributed by atoms with Gasteiger partial charge in [0.25, 0.3) is 0 Å². The summed E-state index contributed by atoms with van der Waals surface area (Å²) in [6, 6.07) is 6.56. The van der Waals surface area contributed by atoms with Gasteiger partial charge in [0.1, 0.15) is 0 Å². The first-order valence-corrected chi connectivity index (χ1v) is 23.0. The second-order valence-electron chi connectivity index (χ2n) is 19.7. The number of piperidine rings is 5. The zero-order chi connectivity index (χ0) is 37.5. The van der Waals surface area contributed by atoms with Gasteiger partial charge in [-0.3, -0.25) is 9.80 Å². The maximum absolute atomic E-state index is 2.75. The van der Waals surface area contributed by atoms with Crippen molar-refractivity contribution in [2.24, 2.45) is 17.8 Å². The van der Waals surface area contributed by atoms with E-state index in [9.17, 15) is 0 Å². The van der Waals surface area contributed by atoms with Gasteiger partial charge in [0.15, 0.2) is 0 Å². The van der Waals surface area contributed by atoms with Gasteiger partial charge in [-0.2, -0.15) is 0 Å². The first kappa shape index (κ1) is 45.2. The highest BCUT2D eigenvalue weighted by atomic mass is 15.2. The van der Waals surface area contributed by atoms with Crippen molar-refractivity contribution < 1.29 is 0 Å². The van der Waals surface area contributed by atoms with Gasteiger partial charge in [-0.15, -0.1) is 0 Å². The van der Waals surface area contributed by atoms with Crippen molar-refractivity contribution in [1.82, 2.24) is 24.5 Å². The molecule has 6 heterocycles. The Morgan fingerprint density at radius 1 is 0.392 bits per heavy atom. The van der Waals surface area contributed by atoms with E-state index in [-0.39, 0.29) is 0 Å². The molecular weight excluding hydrogens is 623 g/mol. The third-order valence-electron chi connectivity index (χ3n) is 13.8. The third-order valence-corrected chi connectivity index (χ3v) is 13.8. The van der Waals surface area contributed by atoms with E-state index >= 15 is 0 Å². The second kappa shape index (κ2) is 23.7. The van der Waals surface area contributed by atoms with Crippen LogP contribution < -0.4 is 0 Å². The number of likely N-dealkylation sites (tertiary alicyclic amines) is 4. The summed E-state index contributed by atoms with van der Waals surface area (Å²) in [4.78, 5) is 13.1. The van der Waals surface area contributed by atoms with Crippen LogP contribution in [0.4, 0.5) is 0 Å². The molecule has 1 aliphatic carbocycles. The molecule has 0 radical (unpaired) electrons. The van der Waals surface area contributed by atoms with Gasteiger partial charge in [-0.25, -0.2) is 0 Å². The maximum atomic E-state index is 2.75. The molecule has 6 atom stereocenters. The average Bonchev–Trinajstić information content (AvgIpc) is 3.58. The van der Waals surface area contributed by atoms with Crippen molar-refractivity contribution in [3.05, 3.63) is 0 Å². The predicted octanol–water partition coefficient (Wildman–Crippen LogP) is 10.8. The first-order valence-electron chi connectivity index (χ1n) is 23.0. The van der Waals surface area contributed by atoms with Crippen molar-refractivity contribution in [3.63, 3.8) is 0 Å². The molecule has 7 aliphatic rings. The van der Waals surface area contributed by atoms with Gasteiger partial charge in [-0.1, -0.05) is 26.2 Å². The van der Waals surface area contributed by atoms with Crippen LogP contribution in [0.3, 0.4) is 0 Å².